The smallest absolute Gasteiger partial charge is 0.195 e. The quantitative estimate of drug-likeness (QED) is 0.543. The summed E-state index contributed by atoms with van der Waals surface area (Å²) in [5.74, 6) is -0.271. The Morgan fingerprint density at radius 3 is 2.00 bits per heavy atom. The molecule has 3 heteroatoms. The van der Waals surface area contributed by atoms with Crippen LogP contribution in [-0.2, 0) is 0 Å². The second-order valence-electron chi connectivity index (χ2n) is 5.74. The number of rotatable bonds is 3. The van der Waals surface area contributed by atoms with E-state index in [0.29, 0.717) is 11.1 Å². The van der Waals surface area contributed by atoms with Crippen molar-refractivity contribution < 1.29 is 9.90 Å². The van der Waals surface area contributed by atoms with Crippen LogP contribution in [0.5, 0.6) is 0 Å². The van der Waals surface area contributed by atoms with Gasteiger partial charge in [0.2, 0.25) is 0 Å². The molecule has 0 aliphatic heterocycles. The summed E-state index contributed by atoms with van der Waals surface area (Å²) in [7, 11) is 0. The Bertz CT molecular complexity index is 903. The summed E-state index contributed by atoms with van der Waals surface area (Å²) in [6, 6.07) is 29.8. The van der Waals surface area contributed by atoms with Gasteiger partial charge in [-0.2, -0.15) is 0 Å². The lowest BCUT2D eigenvalue weighted by Crippen LogP contribution is -2.11. The number of ketones is 1. The largest absolute Gasteiger partial charge is 0.380 e. The van der Waals surface area contributed by atoms with Crippen molar-refractivity contribution in [3.8, 4) is 0 Å². The number of hydrogen-bond acceptors (Lipinski definition) is 3. The first-order valence-corrected chi connectivity index (χ1v) is 8.38. The topological polar surface area (TPSA) is 50.2 Å². The number of para-hydroxylation sites is 1. The molecule has 0 fully saturated rings. The van der Waals surface area contributed by atoms with E-state index in [9.17, 15) is 9.90 Å². The Kier molecular flexibility index (Phi) is 5.86. The van der Waals surface area contributed by atoms with Gasteiger partial charge in [-0.25, -0.2) is 0 Å². The summed E-state index contributed by atoms with van der Waals surface area (Å²) < 4.78 is 0. The van der Waals surface area contributed by atoms with Gasteiger partial charge in [-0.05, 0) is 17.7 Å². The van der Waals surface area contributed by atoms with Gasteiger partial charge < -0.3 is 5.11 Å². The standard InChI is InChI=1S/C14H12O2.C9H7N/c15-13(11-7-3-1-4-8-11)14(16)12-9-5-2-6-10-12;1-2-6-9-8(4-1)5-3-7-10-9/h1-10,13,15H;1-7H. The average Bonchev–Trinajstić information content (AvgIpc) is 2.74. The number of aromatic nitrogens is 1. The van der Waals surface area contributed by atoms with Crippen molar-refractivity contribution in [1.29, 1.82) is 0 Å². The zero-order valence-electron chi connectivity index (χ0n) is 14.2. The van der Waals surface area contributed by atoms with Gasteiger partial charge in [0.05, 0.1) is 5.52 Å². The van der Waals surface area contributed by atoms with Crippen LogP contribution in [0.25, 0.3) is 10.9 Å². The molecule has 4 aromatic rings. The number of carbonyl (C=O) groups excluding carboxylic acids is 1. The Morgan fingerprint density at radius 1 is 0.731 bits per heavy atom. The maximum atomic E-state index is 11.9. The van der Waals surface area contributed by atoms with E-state index < -0.39 is 6.10 Å². The molecule has 4 rings (SSSR count). The van der Waals surface area contributed by atoms with Crippen LogP contribution in [0.15, 0.2) is 103 Å². The first kappa shape index (κ1) is 17.5. The lowest BCUT2D eigenvalue weighted by atomic mass is 10.0. The minimum absolute atomic E-state index is 0.271. The second-order valence-corrected chi connectivity index (χ2v) is 5.74. The van der Waals surface area contributed by atoms with Crippen molar-refractivity contribution >= 4 is 16.7 Å². The van der Waals surface area contributed by atoms with Gasteiger partial charge in [0.1, 0.15) is 6.10 Å². The van der Waals surface area contributed by atoms with Crippen LogP contribution in [0.2, 0.25) is 0 Å². The molecule has 1 heterocycles. The zero-order chi connectivity index (χ0) is 18.2. The van der Waals surface area contributed by atoms with Crippen molar-refractivity contribution in [3.05, 3.63) is 114 Å². The van der Waals surface area contributed by atoms with E-state index >= 15 is 0 Å². The number of fused-ring (bicyclic) bond motifs is 1. The fourth-order valence-electron chi connectivity index (χ4n) is 2.56. The van der Waals surface area contributed by atoms with Gasteiger partial charge in [0, 0.05) is 17.1 Å². The van der Waals surface area contributed by atoms with Crippen LogP contribution in [0.4, 0.5) is 0 Å². The zero-order valence-corrected chi connectivity index (χ0v) is 14.2. The molecule has 0 saturated carbocycles. The highest BCUT2D eigenvalue weighted by Crippen LogP contribution is 2.17. The normalized spacial score (nSPS) is 11.3. The number of aliphatic hydroxyl groups is 1. The molecule has 0 saturated heterocycles. The number of benzene rings is 3. The third kappa shape index (κ3) is 4.41. The van der Waals surface area contributed by atoms with Gasteiger partial charge in [-0.3, -0.25) is 9.78 Å². The minimum Gasteiger partial charge on any atom is -0.380 e. The van der Waals surface area contributed by atoms with E-state index in [1.165, 1.54) is 5.39 Å². The molecule has 0 aliphatic rings. The third-order valence-electron chi connectivity index (χ3n) is 3.93. The molecule has 1 N–H and O–H groups in total. The lowest BCUT2D eigenvalue weighted by Gasteiger charge is -2.09. The first-order valence-electron chi connectivity index (χ1n) is 8.38. The average molecular weight is 341 g/mol. The molecular weight excluding hydrogens is 322 g/mol. The van der Waals surface area contributed by atoms with Crippen molar-refractivity contribution in [1.82, 2.24) is 4.98 Å². The summed E-state index contributed by atoms with van der Waals surface area (Å²) in [5.41, 5.74) is 2.21. The SMILES string of the molecule is O=C(c1ccccc1)C(O)c1ccccc1.c1ccc2ncccc2c1. The van der Waals surface area contributed by atoms with Crippen LogP contribution in [0, 0.1) is 0 Å². The maximum absolute atomic E-state index is 11.9. The predicted octanol–water partition coefficient (Wildman–Crippen LogP) is 4.84. The highest BCUT2D eigenvalue weighted by atomic mass is 16.3. The summed E-state index contributed by atoms with van der Waals surface area (Å²) in [6.45, 7) is 0. The number of nitrogens with zero attached hydrogens (tertiary/aromatic N) is 1. The Morgan fingerprint density at radius 2 is 1.31 bits per heavy atom. The molecular formula is C23H19NO2. The fourth-order valence-corrected chi connectivity index (χ4v) is 2.56. The fraction of sp³-hybridized carbons (Fsp3) is 0.0435. The molecule has 0 aliphatic carbocycles. The molecule has 26 heavy (non-hydrogen) atoms. The molecule has 0 bridgehead atoms. The van der Waals surface area contributed by atoms with Crippen LogP contribution in [-0.4, -0.2) is 15.9 Å². The molecule has 0 spiro atoms. The van der Waals surface area contributed by atoms with E-state index in [1.807, 2.05) is 42.6 Å². The summed E-state index contributed by atoms with van der Waals surface area (Å²) in [6.07, 6.45) is 0.728. The van der Waals surface area contributed by atoms with Gasteiger partial charge in [-0.15, -0.1) is 0 Å². The highest BCUT2D eigenvalue weighted by molar-refractivity contribution is 5.99. The molecule has 3 aromatic carbocycles. The van der Waals surface area contributed by atoms with E-state index in [1.54, 1.807) is 48.5 Å². The number of aliphatic hydroxyl groups excluding tert-OH is 1. The Labute approximate surface area is 152 Å². The van der Waals surface area contributed by atoms with E-state index in [-0.39, 0.29) is 5.78 Å². The molecule has 128 valence electrons. The van der Waals surface area contributed by atoms with Gasteiger partial charge in [-0.1, -0.05) is 84.9 Å². The molecule has 1 aromatic heterocycles. The predicted molar refractivity (Wildman–Crippen MR) is 104 cm³/mol. The van der Waals surface area contributed by atoms with Crippen LogP contribution >= 0.6 is 0 Å². The van der Waals surface area contributed by atoms with Crippen molar-refractivity contribution in [3.63, 3.8) is 0 Å². The second kappa shape index (κ2) is 8.70. The maximum Gasteiger partial charge on any atom is 0.195 e. The van der Waals surface area contributed by atoms with Gasteiger partial charge in [0.15, 0.2) is 5.78 Å². The number of Topliss-reactive ketones (excluding diaryl/α,β-unsaturated/α-hetero) is 1. The third-order valence-corrected chi connectivity index (χ3v) is 3.93. The molecule has 1 atom stereocenters. The van der Waals surface area contributed by atoms with Crippen LogP contribution in [0.3, 0.4) is 0 Å². The van der Waals surface area contributed by atoms with E-state index in [4.69, 9.17) is 0 Å². The number of pyridine rings is 1. The van der Waals surface area contributed by atoms with E-state index in [2.05, 4.69) is 17.1 Å². The minimum atomic E-state index is -1.08. The van der Waals surface area contributed by atoms with Crippen molar-refractivity contribution in [2.75, 3.05) is 0 Å². The van der Waals surface area contributed by atoms with Crippen LogP contribution in [0.1, 0.15) is 22.0 Å². The number of hydrogen-bond donors (Lipinski definition) is 1. The lowest BCUT2D eigenvalue weighted by molar-refractivity contribution is 0.0747. The number of carbonyl (C=O) groups is 1. The highest BCUT2D eigenvalue weighted by Gasteiger charge is 2.18. The molecule has 1 unspecified atom stereocenters. The first-order chi connectivity index (χ1) is 12.8. The summed E-state index contributed by atoms with van der Waals surface area (Å²) in [4.78, 5) is 16.1. The Hall–Kier alpha value is -3.30. The monoisotopic (exact) mass is 341 g/mol. The molecule has 0 amide bonds. The Balaban J connectivity index is 0.000000167. The van der Waals surface area contributed by atoms with Gasteiger partial charge >= 0.3 is 0 Å². The summed E-state index contributed by atoms with van der Waals surface area (Å²) in [5, 5.41) is 11.1. The van der Waals surface area contributed by atoms with Crippen molar-refractivity contribution in [2.24, 2.45) is 0 Å². The van der Waals surface area contributed by atoms with E-state index in [0.717, 1.165) is 5.52 Å². The van der Waals surface area contributed by atoms with Crippen LogP contribution < -0.4 is 0 Å². The molecule has 3 nitrogen and oxygen atoms in total. The van der Waals surface area contributed by atoms with Crippen molar-refractivity contribution in [2.45, 2.75) is 6.10 Å². The molecule has 0 radical (unpaired) electrons. The summed E-state index contributed by atoms with van der Waals surface area (Å²) >= 11 is 0. The van der Waals surface area contributed by atoms with Gasteiger partial charge in [0.25, 0.3) is 0 Å².